The van der Waals surface area contributed by atoms with E-state index in [0.29, 0.717) is 0 Å². The number of benzene rings is 1. The molecule has 0 fully saturated rings. The van der Waals surface area contributed by atoms with E-state index in [4.69, 9.17) is 10.5 Å². The lowest BCUT2D eigenvalue weighted by molar-refractivity contribution is 1.08. The third kappa shape index (κ3) is 2.60. The second kappa shape index (κ2) is 5.42. The van der Waals surface area contributed by atoms with E-state index < -0.39 is 0 Å². The molecule has 0 aliphatic rings. The van der Waals surface area contributed by atoms with Gasteiger partial charge in [0.05, 0.1) is 5.52 Å². The Morgan fingerprint density at radius 2 is 1.90 bits per heavy atom. The van der Waals surface area contributed by atoms with Crippen LogP contribution in [0.4, 0.5) is 5.82 Å². The summed E-state index contributed by atoms with van der Waals surface area (Å²) in [5, 5.41) is 18.8. The molecule has 0 bridgehead atoms. The molecule has 0 aliphatic heterocycles. The highest BCUT2D eigenvalue weighted by Gasteiger charge is 2.08. The van der Waals surface area contributed by atoms with Gasteiger partial charge in [-0.3, -0.25) is 0 Å². The molecule has 0 unspecified atom stereocenters. The molecule has 0 saturated carbocycles. The van der Waals surface area contributed by atoms with Crippen molar-refractivity contribution in [1.82, 2.24) is 4.98 Å². The highest BCUT2D eigenvalue weighted by molar-refractivity contribution is 5.86. The van der Waals surface area contributed by atoms with Crippen molar-refractivity contribution in [3.8, 4) is 12.1 Å². The van der Waals surface area contributed by atoms with Crippen LogP contribution in [0.1, 0.15) is 11.1 Å². The molecule has 1 aromatic carbocycles. The molecular weight excluding hydrogens is 248 g/mol. The number of nitriles is 2. The van der Waals surface area contributed by atoms with E-state index in [9.17, 15) is 0 Å². The molecule has 20 heavy (non-hydrogen) atoms. The van der Waals surface area contributed by atoms with Crippen molar-refractivity contribution in [3.63, 3.8) is 0 Å². The van der Waals surface area contributed by atoms with Gasteiger partial charge in [0, 0.05) is 25.0 Å². The molecule has 2 aromatic rings. The molecule has 2 rings (SSSR count). The minimum absolute atomic E-state index is 0.0707. The van der Waals surface area contributed by atoms with E-state index in [-0.39, 0.29) is 5.57 Å². The van der Waals surface area contributed by atoms with Crippen LogP contribution in [0.15, 0.2) is 29.8 Å². The predicted octanol–water partition coefficient (Wildman–Crippen LogP) is 3.04. The Labute approximate surface area is 118 Å². The number of hydrogen-bond acceptors (Lipinski definition) is 4. The van der Waals surface area contributed by atoms with Crippen molar-refractivity contribution in [2.24, 2.45) is 0 Å². The zero-order valence-electron chi connectivity index (χ0n) is 11.7. The molecule has 0 aliphatic carbocycles. The van der Waals surface area contributed by atoms with Crippen LogP contribution >= 0.6 is 0 Å². The van der Waals surface area contributed by atoms with Crippen molar-refractivity contribution in [2.45, 2.75) is 6.92 Å². The molecule has 0 N–H and O–H groups in total. The number of hydrogen-bond donors (Lipinski definition) is 0. The quantitative estimate of drug-likeness (QED) is 0.780. The SMILES string of the molecule is Cc1ccc2cc(C=C(C#N)C#N)c(N(C)C)nc2c1. The fourth-order valence-corrected chi connectivity index (χ4v) is 1.99. The molecule has 0 amide bonds. The smallest absolute Gasteiger partial charge is 0.136 e. The molecule has 98 valence electrons. The third-order valence-electron chi connectivity index (χ3n) is 2.95. The summed E-state index contributed by atoms with van der Waals surface area (Å²) in [6.45, 7) is 2.02. The highest BCUT2D eigenvalue weighted by atomic mass is 15.1. The maximum absolute atomic E-state index is 8.89. The Balaban J connectivity index is 2.73. The first kappa shape index (κ1) is 13.6. The Hall–Kier alpha value is -2.85. The third-order valence-corrected chi connectivity index (χ3v) is 2.95. The van der Waals surface area contributed by atoms with E-state index in [1.54, 1.807) is 6.08 Å². The number of pyridine rings is 1. The van der Waals surface area contributed by atoms with Crippen LogP contribution in [0.25, 0.3) is 17.0 Å². The summed E-state index contributed by atoms with van der Waals surface area (Å²) in [6, 6.07) is 11.7. The Morgan fingerprint density at radius 3 is 2.50 bits per heavy atom. The highest BCUT2D eigenvalue weighted by Crippen LogP contribution is 2.25. The van der Waals surface area contributed by atoms with Gasteiger partial charge in [0.25, 0.3) is 0 Å². The second-order valence-electron chi connectivity index (χ2n) is 4.77. The predicted molar refractivity (Wildman–Crippen MR) is 80.0 cm³/mol. The van der Waals surface area contributed by atoms with Crippen LogP contribution in [-0.4, -0.2) is 19.1 Å². The molecule has 0 saturated heterocycles. The van der Waals surface area contributed by atoms with Gasteiger partial charge in [-0.05, 0) is 30.7 Å². The van der Waals surface area contributed by atoms with Gasteiger partial charge in [0.15, 0.2) is 0 Å². The minimum Gasteiger partial charge on any atom is -0.362 e. The normalized spacial score (nSPS) is 9.65. The maximum Gasteiger partial charge on any atom is 0.136 e. The van der Waals surface area contributed by atoms with Crippen LogP contribution in [0.3, 0.4) is 0 Å². The molecule has 4 nitrogen and oxygen atoms in total. The minimum atomic E-state index is 0.0707. The molecule has 0 atom stereocenters. The zero-order valence-corrected chi connectivity index (χ0v) is 11.7. The number of rotatable bonds is 2. The zero-order chi connectivity index (χ0) is 14.7. The number of allylic oxidation sites excluding steroid dienone is 1. The van der Waals surface area contributed by atoms with Crippen LogP contribution in [0.2, 0.25) is 0 Å². The van der Waals surface area contributed by atoms with E-state index in [1.165, 1.54) is 0 Å². The Morgan fingerprint density at radius 1 is 1.20 bits per heavy atom. The van der Waals surface area contributed by atoms with Crippen LogP contribution in [0.5, 0.6) is 0 Å². The van der Waals surface area contributed by atoms with E-state index in [2.05, 4.69) is 4.98 Å². The topological polar surface area (TPSA) is 63.7 Å². The van der Waals surface area contributed by atoms with Crippen LogP contribution < -0.4 is 4.90 Å². The van der Waals surface area contributed by atoms with Gasteiger partial charge in [0.2, 0.25) is 0 Å². The van der Waals surface area contributed by atoms with Crippen molar-refractivity contribution in [3.05, 3.63) is 41.0 Å². The van der Waals surface area contributed by atoms with Gasteiger partial charge >= 0.3 is 0 Å². The maximum atomic E-state index is 8.89. The number of aryl methyl sites for hydroxylation is 1. The first-order chi connectivity index (χ1) is 9.55. The fourth-order valence-electron chi connectivity index (χ4n) is 1.99. The summed E-state index contributed by atoms with van der Waals surface area (Å²) in [5.41, 5.74) is 2.89. The van der Waals surface area contributed by atoms with Crippen molar-refractivity contribution >= 4 is 22.8 Å². The number of nitrogens with zero attached hydrogens (tertiary/aromatic N) is 4. The van der Waals surface area contributed by atoms with Gasteiger partial charge in [-0.2, -0.15) is 10.5 Å². The lowest BCUT2D eigenvalue weighted by atomic mass is 10.1. The first-order valence-corrected chi connectivity index (χ1v) is 6.16. The van der Waals surface area contributed by atoms with Crippen LogP contribution in [-0.2, 0) is 0 Å². The van der Waals surface area contributed by atoms with Crippen LogP contribution in [0, 0.1) is 29.6 Å². The van der Waals surface area contributed by atoms with E-state index in [1.807, 2.05) is 62.3 Å². The molecule has 0 spiro atoms. The molecule has 1 heterocycles. The summed E-state index contributed by atoms with van der Waals surface area (Å²) in [4.78, 5) is 6.49. The molecule has 1 aromatic heterocycles. The molecular formula is C16H14N4. The van der Waals surface area contributed by atoms with Crippen molar-refractivity contribution in [1.29, 1.82) is 10.5 Å². The standard InChI is InChI=1S/C16H14N4/c1-11-4-5-13-8-14(7-12(9-17)10-18)16(20(2)3)19-15(13)6-11/h4-8H,1-3H3. The van der Waals surface area contributed by atoms with Crippen molar-refractivity contribution in [2.75, 3.05) is 19.0 Å². The number of aromatic nitrogens is 1. The molecule has 0 radical (unpaired) electrons. The summed E-state index contributed by atoms with van der Waals surface area (Å²) in [5.74, 6) is 0.742. The molecule has 4 heteroatoms. The monoisotopic (exact) mass is 262 g/mol. The van der Waals surface area contributed by atoms with Gasteiger partial charge < -0.3 is 4.90 Å². The summed E-state index contributed by atoms with van der Waals surface area (Å²) in [7, 11) is 3.78. The Kier molecular flexibility index (Phi) is 3.68. The van der Waals surface area contributed by atoms with Gasteiger partial charge in [-0.15, -0.1) is 0 Å². The summed E-state index contributed by atoms with van der Waals surface area (Å²) in [6.07, 6.45) is 1.57. The lowest BCUT2D eigenvalue weighted by Crippen LogP contribution is -2.12. The van der Waals surface area contributed by atoms with Gasteiger partial charge in [-0.25, -0.2) is 4.98 Å². The summed E-state index contributed by atoms with van der Waals surface area (Å²) < 4.78 is 0. The second-order valence-corrected chi connectivity index (χ2v) is 4.77. The van der Waals surface area contributed by atoms with Crippen molar-refractivity contribution < 1.29 is 0 Å². The number of fused-ring (bicyclic) bond motifs is 1. The average Bonchev–Trinajstić information content (AvgIpc) is 2.43. The first-order valence-electron chi connectivity index (χ1n) is 6.16. The fraction of sp³-hybridized carbons (Fsp3) is 0.188. The largest absolute Gasteiger partial charge is 0.362 e. The van der Waals surface area contributed by atoms with E-state index >= 15 is 0 Å². The summed E-state index contributed by atoms with van der Waals surface area (Å²) >= 11 is 0. The average molecular weight is 262 g/mol. The lowest BCUT2D eigenvalue weighted by Gasteiger charge is -2.15. The Bertz CT molecular complexity index is 757. The van der Waals surface area contributed by atoms with Gasteiger partial charge in [-0.1, -0.05) is 12.1 Å². The van der Waals surface area contributed by atoms with E-state index in [0.717, 1.165) is 27.8 Å². The van der Waals surface area contributed by atoms with Gasteiger partial charge in [0.1, 0.15) is 23.5 Å². The number of anilines is 1.